The van der Waals surface area contributed by atoms with Crippen LogP contribution in [0.25, 0.3) is 12.2 Å². The molecule has 1 atom stereocenters. The van der Waals surface area contributed by atoms with Crippen molar-refractivity contribution in [2.75, 3.05) is 0 Å². The van der Waals surface area contributed by atoms with Crippen LogP contribution in [0.1, 0.15) is 92.5 Å². The van der Waals surface area contributed by atoms with Gasteiger partial charge in [-0.1, -0.05) is 136 Å². The van der Waals surface area contributed by atoms with Gasteiger partial charge in [0.1, 0.15) is 0 Å². The van der Waals surface area contributed by atoms with Crippen LogP contribution in [0.3, 0.4) is 0 Å². The van der Waals surface area contributed by atoms with Gasteiger partial charge in [0, 0.05) is 0 Å². The summed E-state index contributed by atoms with van der Waals surface area (Å²) in [6.07, 6.45) is 20.6. The smallest absolute Gasteiger partial charge is 0.0188 e. The molecule has 0 aromatic heterocycles. The van der Waals surface area contributed by atoms with Crippen molar-refractivity contribution in [2.24, 2.45) is 11.8 Å². The van der Waals surface area contributed by atoms with Crippen LogP contribution in [0.4, 0.5) is 0 Å². The highest BCUT2D eigenvalue weighted by atomic mass is 14.3. The highest BCUT2D eigenvalue weighted by Crippen LogP contribution is 2.37. The molecule has 0 aliphatic heterocycles. The molecule has 1 unspecified atom stereocenters. The summed E-state index contributed by atoms with van der Waals surface area (Å²) in [6.45, 7) is 4.49. The lowest BCUT2D eigenvalue weighted by Gasteiger charge is -2.30. The Balaban J connectivity index is 1.17. The van der Waals surface area contributed by atoms with E-state index in [1.165, 1.54) is 72.8 Å². The molecule has 0 bridgehead atoms. The summed E-state index contributed by atoms with van der Waals surface area (Å²) in [5, 5.41) is 0. The van der Waals surface area contributed by atoms with Gasteiger partial charge in [-0.2, -0.15) is 0 Å². The Morgan fingerprint density at radius 1 is 0.694 bits per heavy atom. The number of aryl methyl sites for hydroxylation is 2. The zero-order chi connectivity index (χ0) is 25.0. The van der Waals surface area contributed by atoms with Crippen LogP contribution in [0.5, 0.6) is 0 Å². The summed E-state index contributed by atoms with van der Waals surface area (Å²) in [6, 6.07) is 29.2. The van der Waals surface area contributed by atoms with Crippen LogP contribution in [0, 0.1) is 11.8 Å². The number of hydrogen-bond donors (Lipinski definition) is 0. The van der Waals surface area contributed by atoms with E-state index < -0.39 is 0 Å². The van der Waals surface area contributed by atoms with Gasteiger partial charge in [0.15, 0.2) is 0 Å². The molecule has 1 aliphatic carbocycles. The third-order valence-electron chi connectivity index (χ3n) is 8.13. The van der Waals surface area contributed by atoms with Gasteiger partial charge in [-0.15, -0.1) is 0 Å². The largest absolute Gasteiger partial charge is 0.0917 e. The third kappa shape index (κ3) is 8.37. The average Bonchev–Trinajstić information content (AvgIpc) is 2.93. The molecule has 188 valence electrons. The van der Waals surface area contributed by atoms with E-state index in [1.54, 1.807) is 0 Å². The van der Waals surface area contributed by atoms with Crippen LogP contribution < -0.4 is 0 Å². The quantitative estimate of drug-likeness (QED) is 0.191. The minimum absolute atomic E-state index is 0.688. The minimum atomic E-state index is 0.688. The SMILES string of the molecule is C/C=C/CCc1ccc(/C=C/c2ccc(CCC3CCC(CC(C)c4ccccc4)CC3)cc2)cc1. The molecule has 0 N–H and O–H groups in total. The molecule has 0 saturated heterocycles. The summed E-state index contributed by atoms with van der Waals surface area (Å²) in [4.78, 5) is 0. The molecule has 4 rings (SSSR count). The average molecular weight is 477 g/mol. The molecular formula is C36H44. The first-order valence-corrected chi connectivity index (χ1v) is 14.2. The number of benzene rings is 3. The summed E-state index contributed by atoms with van der Waals surface area (Å²) in [7, 11) is 0. The molecule has 36 heavy (non-hydrogen) atoms. The van der Waals surface area contributed by atoms with E-state index in [2.05, 4.69) is 117 Å². The van der Waals surface area contributed by atoms with Crippen molar-refractivity contribution in [2.45, 2.75) is 77.6 Å². The Morgan fingerprint density at radius 2 is 1.25 bits per heavy atom. The molecule has 3 aromatic carbocycles. The molecule has 1 fully saturated rings. The van der Waals surface area contributed by atoms with E-state index in [1.807, 2.05) is 0 Å². The van der Waals surface area contributed by atoms with Crippen molar-refractivity contribution in [3.8, 4) is 0 Å². The molecule has 0 heterocycles. The highest BCUT2D eigenvalue weighted by molar-refractivity contribution is 5.69. The molecule has 0 radical (unpaired) electrons. The predicted octanol–water partition coefficient (Wildman–Crippen LogP) is 10.3. The number of hydrogen-bond acceptors (Lipinski definition) is 0. The topological polar surface area (TPSA) is 0 Å². The molecule has 3 aromatic rings. The van der Waals surface area contributed by atoms with Gasteiger partial charge in [-0.05, 0) is 84.6 Å². The monoisotopic (exact) mass is 476 g/mol. The van der Waals surface area contributed by atoms with Crippen molar-refractivity contribution in [1.82, 2.24) is 0 Å². The maximum absolute atomic E-state index is 2.41. The zero-order valence-corrected chi connectivity index (χ0v) is 22.4. The Bertz CT molecular complexity index is 1060. The van der Waals surface area contributed by atoms with Crippen LogP contribution in [-0.2, 0) is 12.8 Å². The van der Waals surface area contributed by atoms with E-state index in [9.17, 15) is 0 Å². The highest BCUT2D eigenvalue weighted by Gasteiger charge is 2.22. The van der Waals surface area contributed by atoms with Crippen molar-refractivity contribution in [3.05, 3.63) is 119 Å². The summed E-state index contributed by atoms with van der Waals surface area (Å²) in [5.41, 5.74) is 6.94. The van der Waals surface area contributed by atoms with Crippen molar-refractivity contribution >= 4 is 12.2 Å². The molecule has 1 saturated carbocycles. The standard InChI is InChI=1S/C36H44/c1-3-4-6-9-30-12-14-31(15-13-30)16-17-32-18-20-33(21-19-32)22-23-34-24-26-35(27-25-34)28-29(2)36-10-7-5-8-11-36/h3-5,7-8,10-21,29,34-35H,6,9,22-28H2,1-2H3/b4-3+,17-16+. The lowest BCUT2D eigenvalue weighted by molar-refractivity contribution is 0.245. The molecular weight excluding hydrogens is 432 g/mol. The second-order valence-electron chi connectivity index (χ2n) is 10.9. The van der Waals surface area contributed by atoms with Crippen LogP contribution >= 0.6 is 0 Å². The van der Waals surface area contributed by atoms with Gasteiger partial charge in [-0.3, -0.25) is 0 Å². The molecule has 1 aliphatic rings. The second-order valence-corrected chi connectivity index (χ2v) is 10.9. The summed E-state index contributed by atoms with van der Waals surface area (Å²) in [5.74, 6) is 2.51. The van der Waals surface area contributed by atoms with Crippen LogP contribution in [0.2, 0.25) is 0 Å². The molecule has 0 spiro atoms. The normalized spacial score (nSPS) is 19.2. The van der Waals surface area contributed by atoms with E-state index in [0.29, 0.717) is 5.92 Å². The lowest BCUT2D eigenvalue weighted by Crippen LogP contribution is -2.16. The zero-order valence-electron chi connectivity index (χ0n) is 22.4. The van der Waals surface area contributed by atoms with E-state index >= 15 is 0 Å². The fourth-order valence-electron chi connectivity index (χ4n) is 5.74. The van der Waals surface area contributed by atoms with E-state index in [-0.39, 0.29) is 0 Å². The minimum Gasteiger partial charge on any atom is -0.0917 e. The van der Waals surface area contributed by atoms with Gasteiger partial charge in [-0.25, -0.2) is 0 Å². The fourth-order valence-corrected chi connectivity index (χ4v) is 5.74. The Morgan fingerprint density at radius 3 is 1.83 bits per heavy atom. The predicted molar refractivity (Wildman–Crippen MR) is 158 cm³/mol. The Labute approximate surface area is 220 Å². The van der Waals surface area contributed by atoms with Gasteiger partial charge < -0.3 is 0 Å². The van der Waals surface area contributed by atoms with E-state index in [0.717, 1.165) is 24.7 Å². The Kier molecular flexibility index (Phi) is 10.2. The molecule has 0 amide bonds. The number of allylic oxidation sites excluding steroid dienone is 2. The van der Waals surface area contributed by atoms with Crippen molar-refractivity contribution < 1.29 is 0 Å². The third-order valence-corrected chi connectivity index (χ3v) is 8.13. The van der Waals surface area contributed by atoms with Gasteiger partial charge in [0.05, 0.1) is 0 Å². The van der Waals surface area contributed by atoms with E-state index in [4.69, 9.17) is 0 Å². The van der Waals surface area contributed by atoms with Gasteiger partial charge in [0.2, 0.25) is 0 Å². The van der Waals surface area contributed by atoms with Crippen molar-refractivity contribution in [3.63, 3.8) is 0 Å². The van der Waals surface area contributed by atoms with Crippen LogP contribution in [-0.4, -0.2) is 0 Å². The molecule has 0 nitrogen and oxygen atoms in total. The van der Waals surface area contributed by atoms with Gasteiger partial charge in [0.25, 0.3) is 0 Å². The molecule has 0 heteroatoms. The first-order valence-electron chi connectivity index (χ1n) is 14.2. The first kappa shape index (κ1) is 26.2. The maximum atomic E-state index is 2.41. The maximum Gasteiger partial charge on any atom is -0.0188 e. The fraction of sp³-hybridized carbons (Fsp3) is 0.389. The van der Waals surface area contributed by atoms with Gasteiger partial charge >= 0.3 is 0 Å². The summed E-state index contributed by atoms with van der Waals surface area (Å²) < 4.78 is 0. The van der Waals surface area contributed by atoms with Crippen LogP contribution in [0.15, 0.2) is 91.0 Å². The summed E-state index contributed by atoms with van der Waals surface area (Å²) >= 11 is 0. The second kappa shape index (κ2) is 14.0. The number of rotatable bonds is 11. The Hall–Kier alpha value is -2.86. The lowest BCUT2D eigenvalue weighted by atomic mass is 9.76. The van der Waals surface area contributed by atoms with Crippen molar-refractivity contribution in [1.29, 1.82) is 0 Å². The first-order chi connectivity index (χ1) is 17.7.